The Labute approximate surface area is 356 Å². The Morgan fingerprint density at radius 3 is 1.48 bits per heavy atom. The number of anilines is 1. The first-order valence-electron chi connectivity index (χ1n) is 19.9. The third-order valence-electron chi connectivity index (χ3n) is 9.72. The minimum absolute atomic E-state index is 0. The second-order valence-electron chi connectivity index (χ2n) is 13.8. The molecule has 0 saturated carbocycles. The largest absolute Gasteiger partial charge is 0.379 e. The van der Waals surface area contributed by atoms with Crippen LogP contribution >= 0.6 is 0 Å². The smallest absolute Gasteiger partial charge is 0.235 e. The molecular formula is C48H57F2N7O4. The number of aromatic nitrogens is 6. The van der Waals surface area contributed by atoms with Crippen molar-refractivity contribution in [3.8, 4) is 22.5 Å². The van der Waals surface area contributed by atoms with Crippen molar-refractivity contribution < 1.29 is 27.7 Å². The van der Waals surface area contributed by atoms with Gasteiger partial charge >= 0.3 is 0 Å². The van der Waals surface area contributed by atoms with Gasteiger partial charge in [-0.05, 0) is 66.9 Å². The maximum absolute atomic E-state index is 11.9. The van der Waals surface area contributed by atoms with Crippen molar-refractivity contribution in [2.75, 3.05) is 84.7 Å². The van der Waals surface area contributed by atoms with Gasteiger partial charge in [0, 0.05) is 49.4 Å². The van der Waals surface area contributed by atoms with Crippen LogP contribution in [0.2, 0.25) is 0 Å². The summed E-state index contributed by atoms with van der Waals surface area (Å²) >= 11 is 0. The van der Waals surface area contributed by atoms with E-state index >= 15 is 0 Å². The number of hydrogen-bond acceptors (Lipinski definition) is 9. The Balaban J connectivity index is 0.000000224. The lowest BCUT2D eigenvalue weighted by molar-refractivity contribution is 0.0421. The number of hydrogen-bond donors (Lipinski definition) is 0. The monoisotopic (exact) mass is 833 g/mol. The van der Waals surface area contributed by atoms with Crippen LogP contribution in [-0.2, 0) is 25.4 Å². The van der Waals surface area contributed by atoms with E-state index in [1.807, 2.05) is 88.9 Å². The lowest BCUT2D eigenvalue weighted by atomic mass is 10.1. The van der Waals surface area contributed by atoms with Crippen molar-refractivity contribution in [2.45, 2.75) is 27.7 Å². The summed E-state index contributed by atoms with van der Waals surface area (Å²) < 4.78 is 48.9. The highest BCUT2D eigenvalue weighted by Gasteiger charge is 2.10. The van der Waals surface area contributed by atoms with Gasteiger partial charge in [0.2, 0.25) is 11.6 Å². The van der Waals surface area contributed by atoms with Gasteiger partial charge in [-0.25, -0.2) is 28.7 Å². The Bertz CT molecular complexity index is 2510. The highest BCUT2D eigenvalue weighted by atomic mass is 19.1. The summed E-state index contributed by atoms with van der Waals surface area (Å²) in [6.45, 7) is 3.25. The first-order valence-corrected chi connectivity index (χ1v) is 19.9. The number of para-hydroxylation sites is 4. The quantitative estimate of drug-likeness (QED) is 0.0695. The third kappa shape index (κ3) is 12.4. The number of rotatable bonds is 20. The van der Waals surface area contributed by atoms with E-state index in [1.54, 1.807) is 0 Å². The van der Waals surface area contributed by atoms with E-state index in [0.717, 1.165) is 69.7 Å². The van der Waals surface area contributed by atoms with Gasteiger partial charge in [-0.3, -0.25) is 8.80 Å². The third-order valence-corrected chi connectivity index (χ3v) is 9.72. The SMILES string of the molecule is C.C.CN(CCOCCOCCF)c1ccc(-c2ccn3c(n2)nc2ccccc23)cc1.FCCOCCOCCCc1ccc(-c2ccn3c(n2)nc2ccccc23)cc1. The van der Waals surface area contributed by atoms with Crippen LogP contribution in [0.4, 0.5) is 14.5 Å². The molecule has 4 heterocycles. The maximum atomic E-state index is 11.9. The van der Waals surface area contributed by atoms with Crippen molar-refractivity contribution in [3.63, 3.8) is 0 Å². The fourth-order valence-corrected chi connectivity index (χ4v) is 6.61. The molecule has 0 aliphatic rings. The summed E-state index contributed by atoms with van der Waals surface area (Å²) in [6, 6.07) is 36.9. The Hall–Kier alpha value is -5.86. The number of likely N-dealkylation sites (N-methyl/N-ethyl adjacent to an activating group) is 1. The molecule has 8 aromatic rings. The summed E-state index contributed by atoms with van der Waals surface area (Å²) in [6.07, 6.45) is 5.92. The molecule has 0 fully saturated rings. The van der Waals surface area contributed by atoms with E-state index in [1.165, 1.54) is 5.56 Å². The van der Waals surface area contributed by atoms with Crippen molar-refractivity contribution in [2.24, 2.45) is 0 Å². The standard InChI is InChI=1S/C23H25FN4O2.C23H24FN3O2.2CH4/c1-27(13-15-30-17-16-29-14-11-24)19-8-6-18(7-9-19)20-10-12-28-22-5-3-2-4-21(22)26-23(28)25-20;24-12-15-29-17-16-28-14-3-4-18-7-9-19(10-8-18)20-11-13-27-22-6-2-1-5-21(22)26-23(27)25-20;;/h2-10,12H,11,13-17H2,1H3;1-2,5-11,13H,3-4,12,14-17H2;2*1H4. The van der Waals surface area contributed by atoms with Crippen LogP contribution in [-0.4, -0.2) is 109 Å². The molecule has 13 heteroatoms. The van der Waals surface area contributed by atoms with Crippen LogP contribution in [0.15, 0.2) is 122 Å². The molecule has 0 bridgehead atoms. The van der Waals surface area contributed by atoms with Gasteiger partial charge in [0.25, 0.3) is 0 Å². The van der Waals surface area contributed by atoms with E-state index in [4.69, 9.17) is 28.9 Å². The second kappa shape index (κ2) is 23.8. The van der Waals surface area contributed by atoms with Crippen LogP contribution in [0.5, 0.6) is 0 Å². The van der Waals surface area contributed by atoms with Crippen molar-refractivity contribution >= 4 is 39.3 Å². The first-order chi connectivity index (χ1) is 29.1. The second-order valence-corrected chi connectivity index (χ2v) is 13.8. The topological polar surface area (TPSA) is 101 Å². The lowest BCUT2D eigenvalue weighted by Crippen LogP contribution is -2.23. The highest BCUT2D eigenvalue weighted by molar-refractivity contribution is 5.81. The molecule has 0 unspecified atom stereocenters. The number of nitrogens with zero attached hydrogens (tertiary/aromatic N) is 7. The molecular weight excluding hydrogens is 777 g/mol. The van der Waals surface area contributed by atoms with E-state index in [2.05, 4.69) is 63.4 Å². The zero-order valence-electron chi connectivity index (χ0n) is 33.3. The fraction of sp³-hybridized carbons (Fsp3) is 0.333. The summed E-state index contributed by atoms with van der Waals surface area (Å²) in [5.41, 5.74) is 10.3. The molecule has 0 atom stereocenters. The summed E-state index contributed by atoms with van der Waals surface area (Å²) in [5, 5.41) is 0. The number of benzene rings is 4. The van der Waals surface area contributed by atoms with Gasteiger partial charge in [0.05, 0.1) is 79.7 Å². The summed E-state index contributed by atoms with van der Waals surface area (Å²) in [5.74, 6) is 1.41. The minimum Gasteiger partial charge on any atom is -0.379 e. The highest BCUT2D eigenvalue weighted by Crippen LogP contribution is 2.24. The molecule has 11 nitrogen and oxygen atoms in total. The van der Waals surface area contributed by atoms with Gasteiger partial charge in [-0.15, -0.1) is 0 Å². The van der Waals surface area contributed by atoms with E-state index in [0.29, 0.717) is 51.2 Å². The van der Waals surface area contributed by atoms with Crippen molar-refractivity contribution in [1.82, 2.24) is 28.7 Å². The van der Waals surface area contributed by atoms with E-state index in [-0.39, 0.29) is 28.1 Å². The molecule has 0 saturated heterocycles. The van der Waals surface area contributed by atoms with Crippen LogP contribution < -0.4 is 4.90 Å². The van der Waals surface area contributed by atoms with Crippen LogP contribution in [0, 0.1) is 0 Å². The Morgan fingerprint density at radius 2 is 0.967 bits per heavy atom. The zero-order chi connectivity index (χ0) is 40.7. The molecule has 0 aliphatic carbocycles. The van der Waals surface area contributed by atoms with Crippen LogP contribution in [0.25, 0.3) is 56.1 Å². The molecule has 0 N–H and O–H groups in total. The fourth-order valence-electron chi connectivity index (χ4n) is 6.61. The summed E-state index contributed by atoms with van der Waals surface area (Å²) in [4.78, 5) is 20.8. The molecule has 322 valence electrons. The van der Waals surface area contributed by atoms with Gasteiger partial charge in [-0.2, -0.15) is 0 Å². The predicted molar refractivity (Wildman–Crippen MR) is 242 cm³/mol. The van der Waals surface area contributed by atoms with Crippen molar-refractivity contribution in [1.29, 1.82) is 0 Å². The van der Waals surface area contributed by atoms with Gasteiger partial charge in [0.15, 0.2) is 0 Å². The summed E-state index contributed by atoms with van der Waals surface area (Å²) in [7, 11) is 2.03. The lowest BCUT2D eigenvalue weighted by Gasteiger charge is -2.19. The Kier molecular flexibility index (Phi) is 18.0. The maximum Gasteiger partial charge on any atom is 0.235 e. The van der Waals surface area contributed by atoms with E-state index in [9.17, 15) is 8.78 Å². The molecule has 0 spiro atoms. The number of imidazole rings is 2. The normalized spacial score (nSPS) is 11.1. The number of ether oxygens (including phenoxy) is 4. The van der Waals surface area contributed by atoms with Crippen LogP contribution in [0.1, 0.15) is 26.8 Å². The minimum atomic E-state index is -0.457. The molecule has 4 aromatic carbocycles. The average molecular weight is 834 g/mol. The predicted octanol–water partition coefficient (Wildman–Crippen LogP) is 9.75. The number of fused-ring (bicyclic) bond motifs is 6. The first kappa shape index (κ1) is 46.2. The Morgan fingerprint density at radius 1 is 0.508 bits per heavy atom. The number of halogens is 2. The molecule has 0 radical (unpaired) electrons. The number of aryl methyl sites for hydroxylation is 1. The van der Waals surface area contributed by atoms with Gasteiger partial charge in [-0.1, -0.05) is 75.5 Å². The molecule has 8 rings (SSSR count). The molecule has 0 amide bonds. The van der Waals surface area contributed by atoms with Crippen LogP contribution in [0.3, 0.4) is 0 Å². The van der Waals surface area contributed by atoms with Gasteiger partial charge < -0.3 is 23.8 Å². The average Bonchev–Trinajstić information content (AvgIpc) is 3.85. The van der Waals surface area contributed by atoms with E-state index < -0.39 is 13.3 Å². The molecule has 4 aromatic heterocycles. The molecule has 61 heavy (non-hydrogen) atoms. The number of alkyl halides is 2. The molecule has 0 aliphatic heterocycles. The van der Waals surface area contributed by atoms with Gasteiger partial charge in [0.1, 0.15) is 13.3 Å². The zero-order valence-corrected chi connectivity index (χ0v) is 33.3. The van der Waals surface area contributed by atoms with Crippen molar-refractivity contribution in [3.05, 3.63) is 127 Å².